The molecule has 0 amide bonds. The topological polar surface area (TPSA) is 35.5 Å². The van der Waals surface area contributed by atoms with Crippen LogP contribution in [0.4, 0.5) is 0 Å². The zero-order chi connectivity index (χ0) is 11.9. The molecule has 90 valence electrons. The Bertz CT molecular complexity index is 332. The molecule has 0 saturated heterocycles. The molecule has 0 atom stereocenters. The molecule has 1 rings (SSSR count). The Hall–Kier alpha value is -0.111. The van der Waals surface area contributed by atoms with Gasteiger partial charge in [-0.2, -0.15) is 0 Å². The minimum absolute atomic E-state index is 0.152. The summed E-state index contributed by atoms with van der Waals surface area (Å²) in [6, 6.07) is 10.0. The minimum atomic E-state index is -2.82. The molecule has 0 heterocycles. The van der Waals surface area contributed by atoms with E-state index in [9.17, 15) is 4.57 Å². The van der Waals surface area contributed by atoms with Crippen molar-refractivity contribution >= 4 is 20.8 Å². The van der Waals surface area contributed by atoms with E-state index in [1.54, 1.807) is 0 Å². The fraction of sp³-hybridized carbons (Fsp3) is 0.455. The van der Waals surface area contributed by atoms with E-state index >= 15 is 0 Å². The Morgan fingerprint density at radius 1 is 1.12 bits per heavy atom. The van der Waals surface area contributed by atoms with Crippen molar-refractivity contribution in [1.82, 2.24) is 0 Å². The molecule has 0 aliphatic heterocycles. The molecule has 3 nitrogen and oxygen atoms in total. The Balaban J connectivity index is 2.53. The van der Waals surface area contributed by atoms with Gasteiger partial charge in [0.25, 0.3) is 0 Å². The summed E-state index contributed by atoms with van der Waals surface area (Å²) in [5, 5.41) is 0.783. The summed E-state index contributed by atoms with van der Waals surface area (Å²) in [6.45, 7) is 4.55. The predicted octanol–water partition coefficient (Wildman–Crippen LogP) is 3.07. The predicted molar refractivity (Wildman–Crippen MR) is 66.8 cm³/mol. The Kier molecular flexibility index (Phi) is 6.33. The van der Waals surface area contributed by atoms with Crippen molar-refractivity contribution in [3.05, 3.63) is 35.9 Å². The summed E-state index contributed by atoms with van der Waals surface area (Å²) in [5.74, 6) is 0. The van der Waals surface area contributed by atoms with E-state index in [0.717, 1.165) is 5.32 Å². The molecule has 5 heteroatoms. The fourth-order valence-corrected chi connectivity index (χ4v) is 6.92. The van der Waals surface area contributed by atoms with Crippen molar-refractivity contribution < 1.29 is 13.6 Å². The molecule has 16 heavy (non-hydrogen) atoms. The summed E-state index contributed by atoms with van der Waals surface area (Å²) in [5.41, 5.74) is 1.18. The number of benzene rings is 1. The molecular weight excluding hydrogens is 290 g/mol. The molecule has 0 spiro atoms. The Morgan fingerprint density at radius 2 is 1.69 bits per heavy atom. The fourth-order valence-electron chi connectivity index (χ4n) is 1.16. The van der Waals surface area contributed by atoms with E-state index in [1.807, 2.05) is 44.2 Å². The molecule has 0 aromatic heterocycles. The van der Waals surface area contributed by atoms with E-state index in [2.05, 4.69) is 0 Å². The first-order chi connectivity index (χ1) is 7.70. The SMILES string of the molecule is CCOP(=O)(OCC)[Se]Cc1ccccc1. The van der Waals surface area contributed by atoms with Gasteiger partial charge in [-0.1, -0.05) is 0 Å². The zero-order valence-corrected chi connectivity index (χ0v) is 12.2. The van der Waals surface area contributed by atoms with Crippen LogP contribution in [0, 0.1) is 0 Å². The normalized spacial score (nSPS) is 11.6. The maximum atomic E-state index is 12.2. The van der Waals surface area contributed by atoms with E-state index < -0.39 is 6.29 Å². The van der Waals surface area contributed by atoms with Gasteiger partial charge in [0.1, 0.15) is 0 Å². The van der Waals surface area contributed by atoms with Crippen LogP contribution in [-0.4, -0.2) is 27.7 Å². The monoisotopic (exact) mass is 308 g/mol. The molecule has 1 aromatic carbocycles. The number of rotatable bonds is 7. The molecular formula is C11H17O3PSe. The number of hydrogen-bond acceptors (Lipinski definition) is 3. The molecule has 0 N–H and O–H groups in total. The molecule has 0 bridgehead atoms. The molecule has 0 unspecified atom stereocenters. The van der Waals surface area contributed by atoms with Crippen molar-refractivity contribution in [2.45, 2.75) is 19.2 Å². The first kappa shape index (κ1) is 14.0. The summed E-state index contributed by atoms with van der Waals surface area (Å²) >= 11 is -0.152. The van der Waals surface area contributed by atoms with Crippen LogP contribution in [0.2, 0.25) is 0 Å². The van der Waals surface area contributed by atoms with Gasteiger partial charge in [0, 0.05) is 0 Å². The first-order valence-corrected chi connectivity index (χ1v) is 10.2. The van der Waals surface area contributed by atoms with Gasteiger partial charge >= 0.3 is 103 Å². The van der Waals surface area contributed by atoms with Gasteiger partial charge < -0.3 is 0 Å². The van der Waals surface area contributed by atoms with Crippen LogP contribution in [0.3, 0.4) is 0 Å². The zero-order valence-electron chi connectivity index (χ0n) is 9.59. The molecule has 0 fully saturated rings. The summed E-state index contributed by atoms with van der Waals surface area (Å²) < 4.78 is 22.7. The third-order valence-corrected chi connectivity index (χ3v) is 8.23. The second-order valence-corrected chi connectivity index (χ2v) is 9.76. The summed E-state index contributed by atoms with van der Waals surface area (Å²) in [4.78, 5) is 0. The summed E-state index contributed by atoms with van der Waals surface area (Å²) in [6.07, 6.45) is -2.82. The maximum absolute atomic E-state index is 12.2. The van der Waals surface area contributed by atoms with Crippen LogP contribution in [0.1, 0.15) is 19.4 Å². The number of hydrogen-bond donors (Lipinski definition) is 0. The van der Waals surface area contributed by atoms with E-state index in [1.165, 1.54) is 5.56 Å². The van der Waals surface area contributed by atoms with Gasteiger partial charge in [-0.05, 0) is 0 Å². The van der Waals surface area contributed by atoms with Gasteiger partial charge in [0.15, 0.2) is 0 Å². The van der Waals surface area contributed by atoms with Gasteiger partial charge in [-0.15, -0.1) is 0 Å². The van der Waals surface area contributed by atoms with Crippen LogP contribution in [0.5, 0.6) is 0 Å². The van der Waals surface area contributed by atoms with Crippen molar-refractivity contribution in [2.24, 2.45) is 0 Å². The standard InChI is InChI=1S/C11H17O3PSe/c1-3-13-15(12,14-4-2)16-10-11-8-6-5-7-9-11/h5-9H,3-4,10H2,1-2H3. The van der Waals surface area contributed by atoms with Crippen molar-refractivity contribution in [2.75, 3.05) is 13.2 Å². The molecule has 0 saturated carbocycles. The molecule has 1 aromatic rings. The van der Waals surface area contributed by atoms with Crippen LogP contribution < -0.4 is 0 Å². The second-order valence-electron chi connectivity index (χ2n) is 3.04. The van der Waals surface area contributed by atoms with Gasteiger partial charge in [0.2, 0.25) is 0 Å². The van der Waals surface area contributed by atoms with E-state index in [-0.39, 0.29) is 14.5 Å². The van der Waals surface area contributed by atoms with Gasteiger partial charge in [-0.3, -0.25) is 0 Å². The Morgan fingerprint density at radius 3 is 2.19 bits per heavy atom. The van der Waals surface area contributed by atoms with Gasteiger partial charge in [-0.25, -0.2) is 0 Å². The van der Waals surface area contributed by atoms with Crippen molar-refractivity contribution in [1.29, 1.82) is 0 Å². The summed E-state index contributed by atoms with van der Waals surface area (Å²) in [7, 11) is 0. The van der Waals surface area contributed by atoms with E-state index in [0.29, 0.717) is 13.2 Å². The van der Waals surface area contributed by atoms with Gasteiger partial charge in [0.05, 0.1) is 0 Å². The van der Waals surface area contributed by atoms with Crippen molar-refractivity contribution in [3.63, 3.8) is 0 Å². The molecule has 0 aliphatic carbocycles. The second kappa shape index (κ2) is 7.26. The average molecular weight is 307 g/mol. The molecule has 0 aliphatic rings. The third kappa shape index (κ3) is 4.82. The third-order valence-electron chi connectivity index (χ3n) is 1.81. The Labute approximate surface area is 103 Å². The van der Waals surface area contributed by atoms with Crippen LogP contribution >= 0.6 is 6.29 Å². The van der Waals surface area contributed by atoms with Crippen LogP contribution in [-0.2, 0) is 18.9 Å². The van der Waals surface area contributed by atoms with Crippen molar-refractivity contribution in [3.8, 4) is 0 Å². The quantitative estimate of drug-likeness (QED) is 0.574. The first-order valence-electron chi connectivity index (χ1n) is 5.27. The van der Waals surface area contributed by atoms with E-state index in [4.69, 9.17) is 9.05 Å². The van der Waals surface area contributed by atoms with Crippen LogP contribution in [0.25, 0.3) is 0 Å². The molecule has 0 radical (unpaired) electrons. The van der Waals surface area contributed by atoms with Crippen LogP contribution in [0.15, 0.2) is 30.3 Å². The average Bonchev–Trinajstić information content (AvgIpc) is 2.29.